The highest BCUT2D eigenvalue weighted by Crippen LogP contribution is 2.20. The number of fused-ring (bicyclic) bond motifs is 1. The number of ether oxygens (including phenoxy) is 1. The molecule has 0 spiro atoms. The normalized spacial score (nSPS) is 10.9. The third-order valence-electron chi connectivity index (χ3n) is 4.76. The maximum absolute atomic E-state index is 12.6. The van der Waals surface area contributed by atoms with E-state index in [2.05, 4.69) is 10.3 Å². The lowest BCUT2D eigenvalue weighted by molar-refractivity contribution is 0.102. The number of carbonyl (C=O) groups excluding carboxylic acids is 1. The Hall–Kier alpha value is -3.60. The highest BCUT2D eigenvalue weighted by Gasteiger charge is 2.10. The van der Waals surface area contributed by atoms with E-state index in [-0.39, 0.29) is 5.91 Å². The summed E-state index contributed by atoms with van der Waals surface area (Å²) in [7, 11) is 0. The van der Waals surface area contributed by atoms with Gasteiger partial charge in [-0.3, -0.25) is 4.79 Å². The molecule has 0 aliphatic heterocycles. The molecule has 0 unspecified atom stereocenters. The molecule has 1 amide bonds. The van der Waals surface area contributed by atoms with Crippen LogP contribution in [0, 0.1) is 20.8 Å². The minimum Gasteiger partial charge on any atom is -0.487 e. The summed E-state index contributed by atoms with van der Waals surface area (Å²) in [6.07, 6.45) is 3.99. The zero-order valence-electron chi connectivity index (χ0n) is 16.8. The van der Waals surface area contributed by atoms with Gasteiger partial charge >= 0.3 is 0 Å². The smallest absolute Gasteiger partial charge is 0.255 e. The molecule has 0 aliphatic rings. The largest absolute Gasteiger partial charge is 0.487 e. The quantitative estimate of drug-likeness (QED) is 0.520. The van der Waals surface area contributed by atoms with Crippen LogP contribution in [-0.2, 0) is 6.61 Å². The van der Waals surface area contributed by atoms with E-state index in [1.54, 1.807) is 12.1 Å². The van der Waals surface area contributed by atoms with Crippen LogP contribution in [0.5, 0.6) is 5.75 Å². The van der Waals surface area contributed by atoms with Gasteiger partial charge in [-0.05, 0) is 62.2 Å². The summed E-state index contributed by atoms with van der Waals surface area (Å²) in [5.41, 5.74) is 6.45. The molecule has 146 valence electrons. The molecule has 0 saturated carbocycles. The van der Waals surface area contributed by atoms with Crippen LogP contribution in [0.2, 0.25) is 0 Å². The Morgan fingerprint density at radius 2 is 1.83 bits per heavy atom. The fourth-order valence-electron chi connectivity index (χ4n) is 3.26. The molecule has 5 heteroatoms. The summed E-state index contributed by atoms with van der Waals surface area (Å²) in [5, 5.41) is 2.97. The Bertz CT molecular complexity index is 1190. The number of amides is 1. The number of aromatic nitrogens is 2. The van der Waals surface area contributed by atoms with Gasteiger partial charge in [0, 0.05) is 23.6 Å². The summed E-state index contributed by atoms with van der Waals surface area (Å²) in [6.45, 7) is 6.40. The van der Waals surface area contributed by atoms with Gasteiger partial charge in [0.2, 0.25) is 0 Å². The number of nitrogens with zero attached hydrogens (tertiary/aromatic N) is 2. The Morgan fingerprint density at radius 1 is 1.00 bits per heavy atom. The molecule has 4 aromatic rings. The summed E-state index contributed by atoms with van der Waals surface area (Å²) in [5.74, 6) is 0.470. The summed E-state index contributed by atoms with van der Waals surface area (Å²) >= 11 is 0. The number of carbonyl (C=O) groups is 1. The van der Waals surface area contributed by atoms with Gasteiger partial charge in [-0.15, -0.1) is 0 Å². The third-order valence-corrected chi connectivity index (χ3v) is 4.76. The molecule has 5 nitrogen and oxygen atoms in total. The molecule has 2 heterocycles. The average Bonchev–Trinajstić information content (AvgIpc) is 3.10. The topological polar surface area (TPSA) is 55.6 Å². The van der Waals surface area contributed by atoms with E-state index in [1.807, 2.05) is 80.0 Å². The maximum atomic E-state index is 12.6. The molecule has 4 rings (SSSR count). The van der Waals surface area contributed by atoms with Crippen LogP contribution in [0.4, 0.5) is 5.69 Å². The lowest BCUT2D eigenvalue weighted by Crippen LogP contribution is -2.13. The first-order valence-electron chi connectivity index (χ1n) is 9.54. The van der Waals surface area contributed by atoms with Gasteiger partial charge in [0.15, 0.2) is 0 Å². The number of anilines is 1. The summed E-state index contributed by atoms with van der Waals surface area (Å²) < 4.78 is 7.86. The molecular weight excluding hydrogens is 362 g/mol. The molecule has 0 saturated heterocycles. The van der Waals surface area contributed by atoms with E-state index in [0.717, 1.165) is 28.2 Å². The number of rotatable bonds is 5. The highest BCUT2D eigenvalue weighted by molar-refractivity contribution is 6.04. The molecule has 2 aromatic heterocycles. The minimum absolute atomic E-state index is 0.161. The van der Waals surface area contributed by atoms with Gasteiger partial charge in [0.05, 0.1) is 5.69 Å². The van der Waals surface area contributed by atoms with Crippen LogP contribution >= 0.6 is 0 Å². The zero-order chi connectivity index (χ0) is 20.4. The van der Waals surface area contributed by atoms with Crippen molar-refractivity contribution in [1.82, 2.24) is 9.38 Å². The van der Waals surface area contributed by atoms with Gasteiger partial charge in [-0.1, -0.05) is 29.8 Å². The second-order valence-corrected chi connectivity index (χ2v) is 7.29. The number of pyridine rings is 1. The molecule has 0 atom stereocenters. The molecule has 29 heavy (non-hydrogen) atoms. The number of benzene rings is 2. The van der Waals surface area contributed by atoms with Crippen LogP contribution in [-0.4, -0.2) is 15.3 Å². The van der Waals surface area contributed by atoms with Crippen molar-refractivity contribution in [2.75, 3.05) is 5.32 Å². The molecule has 2 aromatic carbocycles. The van der Waals surface area contributed by atoms with E-state index in [0.29, 0.717) is 17.9 Å². The van der Waals surface area contributed by atoms with Crippen LogP contribution in [0.15, 0.2) is 67.0 Å². The Labute approximate surface area is 170 Å². The van der Waals surface area contributed by atoms with Crippen LogP contribution in [0.3, 0.4) is 0 Å². The lowest BCUT2D eigenvalue weighted by atomic mass is 10.1. The van der Waals surface area contributed by atoms with Crippen molar-refractivity contribution in [1.29, 1.82) is 0 Å². The van der Waals surface area contributed by atoms with E-state index in [1.165, 1.54) is 5.56 Å². The second-order valence-electron chi connectivity index (χ2n) is 7.29. The van der Waals surface area contributed by atoms with Gasteiger partial charge in [-0.2, -0.15) is 0 Å². The van der Waals surface area contributed by atoms with Gasteiger partial charge in [0.25, 0.3) is 5.91 Å². The average molecular weight is 385 g/mol. The zero-order valence-corrected chi connectivity index (χ0v) is 16.8. The van der Waals surface area contributed by atoms with Gasteiger partial charge < -0.3 is 14.5 Å². The predicted molar refractivity (Wildman–Crippen MR) is 115 cm³/mol. The lowest BCUT2D eigenvalue weighted by Gasteiger charge is -2.10. The monoisotopic (exact) mass is 385 g/mol. The van der Waals surface area contributed by atoms with E-state index < -0.39 is 0 Å². The first kappa shape index (κ1) is 18.7. The van der Waals surface area contributed by atoms with Crippen molar-refractivity contribution >= 4 is 17.2 Å². The van der Waals surface area contributed by atoms with Crippen molar-refractivity contribution < 1.29 is 9.53 Å². The van der Waals surface area contributed by atoms with E-state index in [4.69, 9.17) is 4.74 Å². The summed E-state index contributed by atoms with van der Waals surface area (Å²) in [6, 6.07) is 17.2. The standard InChI is InChI=1S/C24H23N3O2/c1-16-7-9-22(18(3)11-16)26-24(28)19-5-4-6-21(12-19)29-15-20-14-27-13-17(2)8-10-23(27)25-20/h4-14H,15H2,1-3H3,(H,26,28). The van der Waals surface area contributed by atoms with Crippen molar-refractivity contribution in [3.63, 3.8) is 0 Å². The number of hydrogen-bond donors (Lipinski definition) is 1. The molecule has 0 aliphatic carbocycles. The van der Waals surface area contributed by atoms with Gasteiger partial charge in [-0.25, -0.2) is 4.98 Å². The molecule has 1 N–H and O–H groups in total. The number of nitrogens with one attached hydrogen (secondary N) is 1. The Morgan fingerprint density at radius 3 is 2.66 bits per heavy atom. The molecular formula is C24H23N3O2. The third kappa shape index (κ3) is 4.29. The van der Waals surface area contributed by atoms with Crippen molar-refractivity contribution in [3.8, 4) is 5.75 Å². The molecule has 0 bridgehead atoms. The van der Waals surface area contributed by atoms with Crippen molar-refractivity contribution in [2.45, 2.75) is 27.4 Å². The number of hydrogen-bond acceptors (Lipinski definition) is 3. The van der Waals surface area contributed by atoms with Crippen LogP contribution < -0.4 is 10.1 Å². The van der Waals surface area contributed by atoms with E-state index in [9.17, 15) is 4.79 Å². The predicted octanol–water partition coefficient (Wildman–Crippen LogP) is 5.09. The fourth-order valence-corrected chi connectivity index (χ4v) is 3.26. The van der Waals surface area contributed by atoms with Gasteiger partial charge in [0.1, 0.15) is 18.0 Å². The second kappa shape index (κ2) is 7.80. The minimum atomic E-state index is -0.161. The highest BCUT2D eigenvalue weighted by atomic mass is 16.5. The fraction of sp³-hybridized carbons (Fsp3) is 0.167. The summed E-state index contributed by atoms with van der Waals surface area (Å²) in [4.78, 5) is 17.2. The van der Waals surface area contributed by atoms with Crippen molar-refractivity contribution in [3.05, 3.63) is 94.9 Å². The molecule has 0 radical (unpaired) electrons. The first-order valence-corrected chi connectivity index (χ1v) is 9.54. The Balaban J connectivity index is 1.45. The first-order chi connectivity index (χ1) is 14.0. The van der Waals surface area contributed by atoms with Crippen LogP contribution in [0.1, 0.15) is 32.7 Å². The SMILES string of the molecule is Cc1ccc(NC(=O)c2cccc(OCc3cn4cc(C)ccc4n3)c2)c(C)c1. The number of imidazole rings is 1. The van der Waals surface area contributed by atoms with E-state index >= 15 is 0 Å². The van der Waals surface area contributed by atoms with Crippen molar-refractivity contribution in [2.24, 2.45) is 0 Å². The Kier molecular flexibility index (Phi) is 5.04. The maximum Gasteiger partial charge on any atom is 0.255 e. The molecule has 0 fully saturated rings. The van der Waals surface area contributed by atoms with Crippen LogP contribution in [0.25, 0.3) is 5.65 Å². The number of aryl methyl sites for hydroxylation is 3.